The van der Waals surface area contributed by atoms with Crippen molar-refractivity contribution in [1.29, 1.82) is 0 Å². The SMILES string of the molecule is CCN(C(=O)C1(C(N)=NO)CCCC1)C(C)COC. The average molecular weight is 271 g/mol. The predicted molar refractivity (Wildman–Crippen MR) is 73.0 cm³/mol. The van der Waals surface area contributed by atoms with Gasteiger partial charge in [0, 0.05) is 13.7 Å². The lowest BCUT2D eigenvalue weighted by Gasteiger charge is -2.36. The zero-order chi connectivity index (χ0) is 14.5. The summed E-state index contributed by atoms with van der Waals surface area (Å²) in [6.45, 7) is 4.94. The molecule has 0 aliphatic heterocycles. The van der Waals surface area contributed by atoms with E-state index in [0.717, 1.165) is 12.8 Å². The number of rotatable bonds is 6. The number of methoxy groups -OCH3 is 1. The lowest BCUT2D eigenvalue weighted by Crippen LogP contribution is -2.53. The fourth-order valence-electron chi connectivity index (χ4n) is 2.92. The number of amides is 1. The van der Waals surface area contributed by atoms with E-state index in [4.69, 9.17) is 15.7 Å². The Balaban J connectivity index is 2.99. The molecule has 0 bridgehead atoms. The number of ether oxygens (including phenoxy) is 1. The quantitative estimate of drug-likeness (QED) is 0.328. The number of carbonyl (C=O) groups is 1. The van der Waals surface area contributed by atoms with E-state index in [1.807, 2.05) is 13.8 Å². The fourth-order valence-corrected chi connectivity index (χ4v) is 2.92. The van der Waals surface area contributed by atoms with Gasteiger partial charge in [0.15, 0.2) is 5.84 Å². The van der Waals surface area contributed by atoms with E-state index < -0.39 is 5.41 Å². The van der Waals surface area contributed by atoms with Gasteiger partial charge in [0.25, 0.3) is 0 Å². The van der Waals surface area contributed by atoms with Crippen molar-refractivity contribution in [2.24, 2.45) is 16.3 Å². The van der Waals surface area contributed by atoms with Crippen LogP contribution in [0.1, 0.15) is 39.5 Å². The molecular formula is C13H25N3O3. The van der Waals surface area contributed by atoms with Crippen molar-refractivity contribution < 1.29 is 14.7 Å². The molecule has 0 heterocycles. The number of likely N-dealkylation sites (N-methyl/N-ethyl adjacent to an activating group) is 1. The van der Waals surface area contributed by atoms with E-state index in [0.29, 0.717) is 26.0 Å². The first-order chi connectivity index (χ1) is 9.03. The molecule has 1 aliphatic rings. The van der Waals surface area contributed by atoms with Crippen molar-refractivity contribution in [3.8, 4) is 0 Å². The van der Waals surface area contributed by atoms with Crippen LogP contribution in [0.5, 0.6) is 0 Å². The first-order valence-electron chi connectivity index (χ1n) is 6.81. The Bertz CT molecular complexity index is 338. The molecule has 0 saturated heterocycles. The minimum Gasteiger partial charge on any atom is -0.409 e. The largest absolute Gasteiger partial charge is 0.409 e. The molecule has 19 heavy (non-hydrogen) atoms. The number of oxime groups is 1. The van der Waals surface area contributed by atoms with Crippen LogP contribution in [0.2, 0.25) is 0 Å². The summed E-state index contributed by atoms with van der Waals surface area (Å²) >= 11 is 0. The van der Waals surface area contributed by atoms with Crippen LogP contribution in [0.15, 0.2) is 5.16 Å². The molecule has 1 saturated carbocycles. The molecule has 110 valence electrons. The maximum Gasteiger partial charge on any atom is 0.236 e. The van der Waals surface area contributed by atoms with E-state index in [-0.39, 0.29) is 17.8 Å². The summed E-state index contributed by atoms with van der Waals surface area (Å²) in [6, 6.07) is -0.0218. The van der Waals surface area contributed by atoms with Crippen molar-refractivity contribution >= 4 is 11.7 Å². The summed E-state index contributed by atoms with van der Waals surface area (Å²) in [6.07, 6.45) is 3.16. The minimum absolute atomic E-state index is 0.0218. The van der Waals surface area contributed by atoms with Crippen LogP contribution in [0, 0.1) is 5.41 Å². The van der Waals surface area contributed by atoms with Crippen molar-refractivity contribution in [1.82, 2.24) is 4.90 Å². The number of hydrogen-bond donors (Lipinski definition) is 2. The summed E-state index contributed by atoms with van der Waals surface area (Å²) in [5, 5.41) is 12.1. The van der Waals surface area contributed by atoms with Gasteiger partial charge in [0.1, 0.15) is 5.41 Å². The van der Waals surface area contributed by atoms with E-state index in [2.05, 4.69) is 5.16 Å². The molecule has 6 nitrogen and oxygen atoms in total. The molecule has 1 fully saturated rings. The second-order valence-corrected chi connectivity index (χ2v) is 5.17. The van der Waals surface area contributed by atoms with Gasteiger partial charge in [-0.25, -0.2) is 0 Å². The number of nitrogens with zero attached hydrogens (tertiary/aromatic N) is 2. The zero-order valence-corrected chi connectivity index (χ0v) is 12.1. The van der Waals surface area contributed by atoms with Crippen LogP contribution >= 0.6 is 0 Å². The molecule has 1 unspecified atom stereocenters. The second-order valence-electron chi connectivity index (χ2n) is 5.17. The van der Waals surface area contributed by atoms with E-state index in [9.17, 15) is 4.79 Å². The Morgan fingerprint density at radius 1 is 1.53 bits per heavy atom. The van der Waals surface area contributed by atoms with Crippen LogP contribution in [0.3, 0.4) is 0 Å². The molecule has 0 radical (unpaired) electrons. The van der Waals surface area contributed by atoms with Crippen molar-refractivity contribution in [3.05, 3.63) is 0 Å². The normalized spacial score (nSPS) is 20.3. The number of hydrogen-bond acceptors (Lipinski definition) is 4. The third kappa shape index (κ3) is 3.00. The van der Waals surface area contributed by atoms with Crippen LogP contribution in [-0.4, -0.2) is 48.2 Å². The molecule has 0 aromatic carbocycles. The first kappa shape index (κ1) is 15.8. The smallest absolute Gasteiger partial charge is 0.236 e. The number of nitrogens with two attached hydrogens (primary N) is 1. The van der Waals surface area contributed by atoms with Crippen molar-refractivity contribution in [3.63, 3.8) is 0 Å². The summed E-state index contributed by atoms with van der Waals surface area (Å²) in [7, 11) is 1.61. The maximum atomic E-state index is 12.8. The Morgan fingerprint density at radius 2 is 2.11 bits per heavy atom. The van der Waals surface area contributed by atoms with Gasteiger partial charge in [-0.15, -0.1) is 0 Å². The average Bonchev–Trinajstić information content (AvgIpc) is 2.89. The summed E-state index contributed by atoms with van der Waals surface area (Å²) in [5.74, 6) is -0.00887. The van der Waals surface area contributed by atoms with Gasteiger partial charge in [-0.1, -0.05) is 18.0 Å². The molecule has 1 aliphatic carbocycles. The lowest BCUT2D eigenvalue weighted by molar-refractivity contribution is -0.141. The molecule has 0 aromatic heterocycles. The third-order valence-corrected chi connectivity index (χ3v) is 4.01. The summed E-state index contributed by atoms with van der Waals surface area (Å²) in [4.78, 5) is 14.6. The van der Waals surface area contributed by atoms with Gasteiger partial charge in [0.05, 0.1) is 12.6 Å². The third-order valence-electron chi connectivity index (χ3n) is 4.01. The van der Waals surface area contributed by atoms with Gasteiger partial charge in [0.2, 0.25) is 5.91 Å². The monoisotopic (exact) mass is 271 g/mol. The van der Waals surface area contributed by atoms with Crippen molar-refractivity contribution in [2.75, 3.05) is 20.3 Å². The Labute approximate surface area is 114 Å². The Kier molecular flexibility index (Phi) is 5.60. The molecule has 0 spiro atoms. The van der Waals surface area contributed by atoms with Gasteiger partial charge in [-0.05, 0) is 26.7 Å². The number of carbonyl (C=O) groups excluding carboxylic acids is 1. The van der Waals surface area contributed by atoms with E-state index in [1.54, 1.807) is 12.0 Å². The molecule has 3 N–H and O–H groups in total. The molecule has 1 rings (SSSR count). The maximum absolute atomic E-state index is 12.8. The standard InChI is InChI=1S/C13H25N3O3/c1-4-16(10(2)9-19-3)12(17)13(11(14)15-18)7-5-6-8-13/h10,18H,4-9H2,1-3H3,(H2,14,15). The van der Waals surface area contributed by atoms with Crippen LogP contribution in [0.25, 0.3) is 0 Å². The topological polar surface area (TPSA) is 88.2 Å². The highest BCUT2D eigenvalue weighted by molar-refractivity contribution is 6.07. The van der Waals surface area contributed by atoms with Gasteiger partial charge in [-0.3, -0.25) is 4.79 Å². The molecule has 6 heteroatoms. The predicted octanol–water partition coefficient (Wildman–Crippen LogP) is 1.18. The Morgan fingerprint density at radius 3 is 2.53 bits per heavy atom. The van der Waals surface area contributed by atoms with Crippen LogP contribution in [-0.2, 0) is 9.53 Å². The summed E-state index contributed by atoms with van der Waals surface area (Å²) < 4.78 is 5.11. The van der Waals surface area contributed by atoms with Crippen molar-refractivity contribution in [2.45, 2.75) is 45.6 Å². The Hall–Kier alpha value is -1.30. The molecular weight excluding hydrogens is 246 g/mol. The highest BCUT2D eigenvalue weighted by Gasteiger charge is 2.47. The molecule has 1 atom stereocenters. The van der Waals surface area contributed by atoms with E-state index >= 15 is 0 Å². The number of amidine groups is 1. The van der Waals surface area contributed by atoms with Gasteiger partial charge < -0.3 is 20.6 Å². The van der Waals surface area contributed by atoms with Gasteiger partial charge >= 0.3 is 0 Å². The summed E-state index contributed by atoms with van der Waals surface area (Å²) in [5.41, 5.74) is 4.98. The zero-order valence-electron chi connectivity index (χ0n) is 12.1. The second kappa shape index (κ2) is 6.75. The molecule has 1 amide bonds. The van der Waals surface area contributed by atoms with E-state index in [1.165, 1.54) is 0 Å². The first-order valence-corrected chi connectivity index (χ1v) is 6.81. The highest BCUT2D eigenvalue weighted by atomic mass is 16.5. The fraction of sp³-hybridized carbons (Fsp3) is 0.846. The lowest BCUT2D eigenvalue weighted by atomic mass is 9.82. The highest BCUT2D eigenvalue weighted by Crippen LogP contribution is 2.40. The van der Waals surface area contributed by atoms with Gasteiger partial charge in [-0.2, -0.15) is 0 Å². The van der Waals surface area contributed by atoms with Crippen LogP contribution in [0.4, 0.5) is 0 Å². The molecule has 0 aromatic rings. The van der Waals surface area contributed by atoms with Crippen LogP contribution < -0.4 is 5.73 Å². The minimum atomic E-state index is -0.827.